The third kappa shape index (κ3) is 51.8. The summed E-state index contributed by atoms with van der Waals surface area (Å²) in [6.07, 6.45) is -8.22. The maximum absolute atomic E-state index is 13.5. The predicted molar refractivity (Wildman–Crippen MR) is 470 cm³/mol. The van der Waals surface area contributed by atoms with Crippen molar-refractivity contribution in [3.63, 3.8) is 0 Å². The first kappa shape index (κ1) is 122. The van der Waals surface area contributed by atoms with Gasteiger partial charge in [-0.05, 0) is 180 Å². The van der Waals surface area contributed by atoms with E-state index in [0.717, 1.165) is 28.8 Å². The third-order valence-corrected chi connectivity index (χ3v) is 19.3. The van der Waals surface area contributed by atoms with E-state index in [0.29, 0.717) is 66.9 Å². The van der Waals surface area contributed by atoms with Gasteiger partial charge >= 0.3 is 175 Å². The number of amides is 4. The van der Waals surface area contributed by atoms with Crippen LogP contribution in [-0.2, 0) is 86.2 Å². The fraction of sp³-hybridized carbons (Fsp3) is 0.449. The summed E-state index contributed by atoms with van der Waals surface area (Å²) in [6.45, 7) is 18.2. The number of Topliss-reactive ketones (excluding diaryl/α,β-unsaturated/α-hetero) is 2. The Balaban J connectivity index is 0.00000115. The molecule has 2 aromatic heterocycles. The van der Waals surface area contributed by atoms with Crippen molar-refractivity contribution in [3.05, 3.63) is 195 Å². The minimum absolute atomic E-state index is 0. The zero-order valence-corrected chi connectivity index (χ0v) is 90.6. The number of anilines is 2. The van der Waals surface area contributed by atoms with Gasteiger partial charge in [-0.2, -0.15) is 0 Å². The minimum Gasteiger partial charge on any atom is -1.00 e. The van der Waals surface area contributed by atoms with Crippen LogP contribution in [-0.4, -0.2) is 214 Å². The van der Waals surface area contributed by atoms with E-state index < -0.39 is 105 Å². The molecule has 7 aromatic rings. The van der Waals surface area contributed by atoms with Crippen LogP contribution in [0.25, 0.3) is 43.1 Å². The smallest absolute Gasteiger partial charge is 1.00 e. The summed E-state index contributed by atoms with van der Waals surface area (Å²) < 4.78 is 159. The van der Waals surface area contributed by atoms with Gasteiger partial charge in [-0.1, -0.05) is 76.5 Å². The molecule has 4 amide bonds. The summed E-state index contributed by atoms with van der Waals surface area (Å²) in [5, 5.41) is 29.7. The van der Waals surface area contributed by atoms with Gasteiger partial charge < -0.3 is 79.4 Å². The summed E-state index contributed by atoms with van der Waals surface area (Å²) in [6, 6.07) is 33.2. The number of methoxy groups -OCH3 is 2. The van der Waals surface area contributed by atoms with E-state index in [1.165, 1.54) is 72.6 Å². The van der Waals surface area contributed by atoms with Gasteiger partial charge in [-0.25, -0.2) is 28.0 Å². The number of sulfone groups is 1. The van der Waals surface area contributed by atoms with E-state index >= 15 is 0 Å². The maximum atomic E-state index is 13.5. The van der Waals surface area contributed by atoms with E-state index in [1.54, 1.807) is 127 Å². The molecule has 0 fully saturated rings. The number of aryl methyl sites for hydroxylation is 3. The second-order valence-corrected chi connectivity index (χ2v) is 32.7. The molecule has 0 saturated carbocycles. The molecule has 135 heavy (non-hydrogen) atoms. The molecule has 726 valence electrons. The fourth-order valence-electron chi connectivity index (χ4n) is 11.7. The van der Waals surface area contributed by atoms with Gasteiger partial charge in [0.1, 0.15) is 58.3 Å². The van der Waals surface area contributed by atoms with Crippen molar-refractivity contribution in [3.8, 4) is 45.3 Å². The number of ether oxygens (including phenoxy) is 11. The number of azide groups is 2. The average molecular weight is 2160 g/mol. The van der Waals surface area contributed by atoms with Crippen molar-refractivity contribution < 1.29 is 284 Å². The SMILES string of the molecule is COC(=O)C[C@H](CC(=O)CNC(=O)CCCN(C(=O)OC(C)(C)C)c1cc(C)ccn1)c1ccc(-c2ccc(O)cc2OC(F)(F)F)cc1.COC(=O)C[C@H](CC(=O)CNC(=O)CCCN(C(=O)OC(C)(C)C)c1cc(C)ccn1)c1ccc(-c2ccc(OCCOCCOCCOCCOCCN=[N+]=[N-])cc2OC(F)(F)F)cc1.Cc1ccc(S(=O)(=O)CN=[N+]=[N-])cc1.O=CO[O-].[Cs+].[Cs+].[H-]. The number of rotatable bonds is 48. The molecule has 0 saturated heterocycles. The van der Waals surface area contributed by atoms with Crippen LogP contribution in [0, 0.1) is 20.8 Å². The number of pyridine rings is 2. The molecule has 7 rings (SSSR count). The summed E-state index contributed by atoms with van der Waals surface area (Å²) in [4.78, 5) is 130. The Morgan fingerprint density at radius 3 is 1.30 bits per heavy atom. The number of phenols is 1. The molecule has 0 spiro atoms. The Hall–Kier alpha value is -9.12. The Morgan fingerprint density at radius 2 is 0.926 bits per heavy atom. The molecule has 0 aliphatic rings. The van der Waals surface area contributed by atoms with Crippen molar-refractivity contribution >= 4 is 75.5 Å². The van der Waals surface area contributed by atoms with E-state index in [2.05, 4.69) is 55.0 Å². The summed E-state index contributed by atoms with van der Waals surface area (Å²) in [5.74, 6) is -5.28. The number of carbonyl (C=O) groups excluding carboxylic acids is 9. The Kier molecular flexibility index (Phi) is 57.9. The Morgan fingerprint density at radius 1 is 0.533 bits per heavy atom. The first-order valence-electron chi connectivity index (χ1n) is 41.1. The topological polar surface area (TPSA) is 496 Å². The van der Waals surface area contributed by atoms with Crippen LogP contribution in [0.5, 0.6) is 23.0 Å². The Labute approximate surface area is 896 Å². The van der Waals surface area contributed by atoms with Crippen molar-refractivity contribution in [1.29, 1.82) is 0 Å². The van der Waals surface area contributed by atoms with Crippen LogP contribution in [0.1, 0.15) is 134 Å². The summed E-state index contributed by atoms with van der Waals surface area (Å²) >= 11 is 0. The maximum Gasteiger partial charge on any atom is 1.00 e. The molecule has 0 unspecified atom stereocenters. The van der Waals surface area contributed by atoms with Crippen LogP contribution in [0.3, 0.4) is 0 Å². The van der Waals surface area contributed by atoms with Crippen LogP contribution in [0.4, 0.5) is 47.6 Å². The van der Waals surface area contributed by atoms with Crippen LogP contribution >= 0.6 is 0 Å². The number of aromatic hydroxyl groups is 1. The largest absolute Gasteiger partial charge is 1.00 e. The quantitative estimate of drug-likeness (QED) is 0.00306. The number of benzene rings is 5. The molecule has 0 radical (unpaired) electrons. The van der Waals surface area contributed by atoms with Crippen molar-refractivity contribution in [1.82, 2.24) is 20.6 Å². The van der Waals surface area contributed by atoms with Crippen molar-refractivity contribution in [2.24, 2.45) is 10.2 Å². The van der Waals surface area contributed by atoms with E-state index in [1.807, 2.05) is 20.8 Å². The fourth-order valence-corrected chi connectivity index (χ4v) is 12.6. The molecule has 2 atom stereocenters. The van der Waals surface area contributed by atoms with Gasteiger partial charge in [0, 0.05) is 103 Å². The number of alkyl halides is 6. The standard InChI is InChI=1S/C45H59F3N6O12.C35H40F3N3O8.C8H9N3O2S.CH2O3.2Cs.H/c1-32-14-15-50-40(27-32)54(43(58)66-44(2,3)4)17-6-7-41(56)51-31-36(55)28-35(29-42(57)59-5)33-8-10-34(11-9-33)38-13-12-37(30-39(38)65-45(46,47)48)64-26-25-63-24-23-62-22-21-61-20-19-60-18-16-52-53-49;1-22-14-15-39-30(17-22)41(33(46)49-34(2,3)4)16-6-7-31(44)40-21-27(43)18-25(19-32(45)47-5)23-8-10-24(11-9-23)28-13-12-26(42)20-29(28)48-35(36,37)38;1-7-2-4-8(5-3-7)14(12,13)6-10-11-9;2-1-4-3;;;/h8-15,27,30,35H,6-7,16-26,28-29,31H2,1-5H3,(H,51,56);8-15,17,20,25,42H,6-7,16,18-19,21H2,1-5H3,(H,40,44);2-5H,6H2,1H3;1,3H;;;/q;;;;2*+1;-1/p-1/t35-;25-;;;;;/m00...../s1. The molecule has 0 aliphatic heterocycles. The molecule has 5 aromatic carbocycles. The normalized spacial score (nSPS) is 11.4. The molecule has 0 aliphatic carbocycles. The second-order valence-electron chi connectivity index (χ2n) is 30.8. The number of nitrogens with zero attached hydrogens (tertiary/aromatic N) is 10. The minimum atomic E-state index is -5.01. The zero-order valence-electron chi connectivity index (χ0n) is 78.2. The van der Waals surface area contributed by atoms with Crippen molar-refractivity contribution in [2.75, 3.05) is 122 Å². The van der Waals surface area contributed by atoms with Crippen LogP contribution in [0.2, 0.25) is 0 Å². The number of nitrogens with one attached hydrogen (secondary N) is 2. The number of phenolic OH excluding ortho intramolecular Hbond substituents is 1. The average Bonchev–Trinajstić information content (AvgIpc) is 0.824. The summed E-state index contributed by atoms with van der Waals surface area (Å²) in [7, 11) is -1.05. The second kappa shape index (κ2) is 64.1. The van der Waals surface area contributed by atoms with Crippen LogP contribution < -0.4 is 178 Å². The van der Waals surface area contributed by atoms with Gasteiger partial charge in [-0.3, -0.25) is 43.4 Å². The zero-order chi connectivity index (χ0) is 98.7. The van der Waals surface area contributed by atoms with Gasteiger partial charge in [-0.15, -0.1) is 26.3 Å². The number of aromatic nitrogens is 2. The van der Waals surface area contributed by atoms with E-state index in [4.69, 9.17) is 63.7 Å². The summed E-state index contributed by atoms with van der Waals surface area (Å²) in [5.41, 5.74) is 19.4. The van der Waals surface area contributed by atoms with E-state index in [9.17, 15) is 78.2 Å². The number of esters is 2. The molecular weight excluding hydrogens is 2050 g/mol. The molecular formula is C89H110Cs2F6N12O25S. The van der Waals surface area contributed by atoms with Gasteiger partial charge in [0.2, 0.25) is 11.8 Å². The van der Waals surface area contributed by atoms with E-state index in [-0.39, 0.29) is 290 Å². The molecule has 37 nitrogen and oxygen atoms in total. The number of hydrogen-bond donors (Lipinski definition) is 3. The number of halogens is 6. The third-order valence-electron chi connectivity index (χ3n) is 17.8. The van der Waals surface area contributed by atoms with Crippen LogP contribution in [0.15, 0.2) is 161 Å². The number of hydrogen-bond acceptors (Lipinski definition) is 29. The molecule has 0 bridgehead atoms. The Bertz CT molecular complexity index is 5120. The number of ketones is 2. The van der Waals surface area contributed by atoms with Gasteiger partial charge in [0.05, 0.1) is 97.9 Å². The monoisotopic (exact) mass is 2160 g/mol. The first-order chi connectivity index (χ1) is 62.9. The van der Waals surface area contributed by atoms with Gasteiger partial charge in [0.25, 0.3) is 6.47 Å². The van der Waals surface area contributed by atoms with Gasteiger partial charge in [0.15, 0.2) is 21.4 Å². The molecule has 2 heterocycles. The molecule has 46 heteroatoms. The number of carbonyl (C=O) groups is 9. The predicted octanol–water partition coefficient (Wildman–Crippen LogP) is 8.85. The first-order valence-corrected chi connectivity index (χ1v) is 42.8. The molecule has 3 N–H and O–H groups in total. The van der Waals surface area contributed by atoms with Crippen molar-refractivity contribution in [2.45, 2.75) is 154 Å².